The fourth-order valence-electron chi connectivity index (χ4n) is 3.13. The maximum absolute atomic E-state index is 6.37. The van der Waals surface area contributed by atoms with Crippen molar-refractivity contribution in [3.63, 3.8) is 0 Å². The molecule has 3 nitrogen and oxygen atoms in total. The molecule has 0 aromatic carbocycles. The zero-order valence-corrected chi connectivity index (χ0v) is 17.3. The number of fused-ring (bicyclic) bond motifs is 1. The van der Waals surface area contributed by atoms with E-state index in [2.05, 4.69) is 55.9 Å². The van der Waals surface area contributed by atoms with E-state index in [0.29, 0.717) is 11.1 Å². The minimum Gasteiger partial charge on any atom is -0.379 e. The summed E-state index contributed by atoms with van der Waals surface area (Å²) in [5, 5.41) is 6.10. The highest BCUT2D eigenvalue weighted by molar-refractivity contribution is 9.10. The number of anilines is 1. The second kappa shape index (κ2) is 7.37. The minimum atomic E-state index is 0.146. The van der Waals surface area contributed by atoms with Crippen molar-refractivity contribution in [3.05, 3.63) is 55.1 Å². The number of rotatable bonds is 4. The Labute approximate surface area is 168 Å². The standard InChI is InChI=1S/C18H17BrClN3S2/c19-15-16-18(25-17(15)11-5-1-2-6-12(11)21)13(8-14(20)23-16)22-9-10-4-3-7-24-10/h1-4,7-8,11-12H,5-6,9,21H2,(H,22,23). The second-order valence-corrected chi connectivity index (χ2v) is 9.36. The van der Waals surface area contributed by atoms with Gasteiger partial charge in [-0.15, -0.1) is 22.7 Å². The molecule has 3 aromatic heterocycles. The average molecular weight is 455 g/mol. The van der Waals surface area contributed by atoms with E-state index in [-0.39, 0.29) is 6.04 Å². The monoisotopic (exact) mass is 453 g/mol. The van der Waals surface area contributed by atoms with E-state index in [9.17, 15) is 0 Å². The number of hydrogen-bond acceptors (Lipinski definition) is 5. The van der Waals surface area contributed by atoms with Gasteiger partial charge in [0, 0.05) is 34.3 Å². The fourth-order valence-corrected chi connectivity index (χ4v) is 6.23. The summed E-state index contributed by atoms with van der Waals surface area (Å²) in [7, 11) is 0. The molecule has 2 unspecified atom stereocenters. The van der Waals surface area contributed by atoms with Crippen LogP contribution in [-0.2, 0) is 6.54 Å². The van der Waals surface area contributed by atoms with Crippen molar-refractivity contribution in [2.24, 2.45) is 5.73 Å². The third-order valence-corrected chi connectivity index (χ3v) is 7.91. The first-order valence-electron chi connectivity index (χ1n) is 8.08. The molecule has 1 aliphatic carbocycles. The average Bonchev–Trinajstić information content (AvgIpc) is 3.22. The Morgan fingerprint density at radius 3 is 2.96 bits per heavy atom. The number of pyridine rings is 1. The van der Waals surface area contributed by atoms with Gasteiger partial charge in [0.2, 0.25) is 0 Å². The van der Waals surface area contributed by atoms with E-state index in [4.69, 9.17) is 17.3 Å². The number of aromatic nitrogens is 1. The smallest absolute Gasteiger partial charge is 0.131 e. The lowest BCUT2D eigenvalue weighted by Gasteiger charge is -2.24. The van der Waals surface area contributed by atoms with Gasteiger partial charge in [-0.05, 0) is 40.2 Å². The summed E-state index contributed by atoms with van der Waals surface area (Å²) in [5.41, 5.74) is 8.31. The summed E-state index contributed by atoms with van der Waals surface area (Å²) >= 11 is 13.5. The molecule has 0 bridgehead atoms. The molecule has 3 N–H and O–H groups in total. The number of nitrogens with two attached hydrogens (primary N) is 1. The van der Waals surface area contributed by atoms with E-state index < -0.39 is 0 Å². The topological polar surface area (TPSA) is 50.9 Å². The molecule has 0 aliphatic heterocycles. The van der Waals surface area contributed by atoms with Crippen LogP contribution in [0.3, 0.4) is 0 Å². The van der Waals surface area contributed by atoms with E-state index in [1.165, 1.54) is 9.75 Å². The van der Waals surface area contributed by atoms with Crippen molar-refractivity contribution in [1.29, 1.82) is 0 Å². The van der Waals surface area contributed by atoms with E-state index in [0.717, 1.165) is 39.8 Å². The van der Waals surface area contributed by atoms with Crippen molar-refractivity contribution in [2.75, 3.05) is 5.32 Å². The lowest BCUT2D eigenvalue weighted by atomic mass is 9.88. The van der Waals surface area contributed by atoms with E-state index in [1.54, 1.807) is 22.7 Å². The molecule has 2 atom stereocenters. The van der Waals surface area contributed by atoms with E-state index in [1.807, 2.05) is 6.07 Å². The zero-order valence-electron chi connectivity index (χ0n) is 13.3. The molecule has 0 fully saturated rings. The van der Waals surface area contributed by atoms with Crippen molar-refractivity contribution < 1.29 is 0 Å². The number of nitrogens with zero attached hydrogens (tertiary/aromatic N) is 1. The first-order chi connectivity index (χ1) is 12.1. The summed E-state index contributed by atoms with van der Waals surface area (Å²) < 4.78 is 2.16. The predicted molar refractivity (Wildman–Crippen MR) is 113 cm³/mol. The second-order valence-electron chi connectivity index (χ2n) is 6.10. The molecule has 3 heterocycles. The first-order valence-corrected chi connectivity index (χ1v) is 11.0. The molecule has 0 spiro atoms. The molecule has 7 heteroatoms. The predicted octanol–water partition coefficient (Wildman–Crippen LogP) is 6.15. The van der Waals surface area contributed by atoms with Crippen LogP contribution >= 0.6 is 50.2 Å². The quantitative estimate of drug-likeness (QED) is 0.367. The van der Waals surface area contributed by atoms with Gasteiger partial charge >= 0.3 is 0 Å². The molecule has 0 amide bonds. The molecule has 4 rings (SSSR count). The van der Waals surface area contributed by atoms with Crippen molar-refractivity contribution in [1.82, 2.24) is 4.98 Å². The summed E-state index contributed by atoms with van der Waals surface area (Å²) in [6.07, 6.45) is 6.29. The fraction of sp³-hybridized carbons (Fsp3) is 0.278. The first kappa shape index (κ1) is 17.5. The molecule has 0 radical (unpaired) electrons. The Morgan fingerprint density at radius 2 is 2.20 bits per heavy atom. The number of hydrogen-bond donors (Lipinski definition) is 2. The summed E-state index contributed by atoms with van der Waals surface area (Å²) in [6, 6.07) is 6.24. The molecule has 130 valence electrons. The van der Waals surface area contributed by atoms with Crippen molar-refractivity contribution in [2.45, 2.75) is 31.3 Å². The summed E-state index contributed by atoms with van der Waals surface area (Å²) in [5.74, 6) is 0.322. The zero-order chi connectivity index (χ0) is 17.4. The Balaban J connectivity index is 1.73. The highest BCUT2D eigenvalue weighted by Gasteiger charge is 2.27. The Hall–Kier alpha value is -0.920. The summed E-state index contributed by atoms with van der Waals surface area (Å²) in [6.45, 7) is 0.781. The largest absolute Gasteiger partial charge is 0.379 e. The lowest BCUT2D eigenvalue weighted by Crippen LogP contribution is -2.29. The minimum absolute atomic E-state index is 0.146. The van der Waals surface area contributed by atoms with Crippen LogP contribution in [0.25, 0.3) is 10.2 Å². The van der Waals surface area contributed by atoms with Crippen LogP contribution in [0.1, 0.15) is 28.5 Å². The number of thiophene rings is 2. The van der Waals surface area contributed by atoms with E-state index >= 15 is 0 Å². The number of halogens is 2. The Kier molecular flexibility index (Phi) is 5.15. The SMILES string of the molecule is NC1CC=CCC1c1sc2c(NCc3cccs3)cc(Cl)nc2c1Br. The summed E-state index contributed by atoms with van der Waals surface area (Å²) in [4.78, 5) is 7.11. The van der Waals surface area contributed by atoms with Gasteiger partial charge in [-0.25, -0.2) is 4.98 Å². The normalized spacial score (nSPS) is 20.3. The highest BCUT2D eigenvalue weighted by Crippen LogP contribution is 2.45. The maximum atomic E-state index is 6.37. The Bertz CT molecular complexity index is 920. The third kappa shape index (κ3) is 3.51. The number of nitrogens with one attached hydrogen (secondary N) is 1. The van der Waals surface area contributed by atoms with Crippen LogP contribution in [0.2, 0.25) is 5.15 Å². The van der Waals surface area contributed by atoms with Gasteiger partial charge in [-0.1, -0.05) is 29.8 Å². The van der Waals surface area contributed by atoms with Gasteiger partial charge in [0.1, 0.15) is 5.15 Å². The molecule has 0 saturated heterocycles. The van der Waals surface area contributed by atoms with Crippen molar-refractivity contribution >= 4 is 66.1 Å². The molecular formula is C18H17BrClN3S2. The van der Waals surface area contributed by atoms with Crippen LogP contribution in [0, 0.1) is 0 Å². The van der Waals surface area contributed by atoms with Gasteiger partial charge < -0.3 is 11.1 Å². The lowest BCUT2D eigenvalue weighted by molar-refractivity contribution is 0.527. The maximum Gasteiger partial charge on any atom is 0.131 e. The van der Waals surface area contributed by atoms with Crippen LogP contribution in [0.5, 0.6) is 0 Å². The van der Waals surface area contributed by atoms with Gasteiger partial charge in [-0.3, -0.25) is 0 Å². The molecule has 1 aliphatic rings. The van der Waals surface area contributed by atoms with Crippen LogP contribution in [-0.4, -0.2) is 11.0 Å². The van der Waals surface area contributed by atoms with Gasteiger partial charge in [0.25, 0.3) is 0 Å². The Morgan fingerprint density at radius 1 is 1.36 bits per heavy atom. The molecule has 0 saturated carbocycles. The van der Waals surface area contributed by atoms with Gasteiger partial charge in [0.15, 0.2) is 0 Å². The van der Waals surface area contributed by atoms with Gasteiger partial charge in [0.05, 0.1) is 20.4 Å². The molecule has 25 heavy (non-hydrogen) atoms. The van der Waals surface area contributed by atoms with Crippen LogP contribution < -0.4 is 11.1 Å². The third-order valence-electron chi connectivity index (χ3n) is 4.43. The van der Waals surface area contributed by atoms with Crippen LogP contribution in [0.15, 0.2) is 40.2 Å². The van der Waals surface area contributed by atoms with Crippen LogP contribution in [0.4, 0.5) is 5.69 Å². The molecule has 3 aromatic rings. The van der Waals surface area contributed by atoms with Gasteiger partial charge in [-0.2, -0.15) is 0 Å². The highest BCUT2D eigenvalue weighted by atomic mass is 79.9. The number of allylic oxidation sites excluding steroid dienone is 1. The molecular weight excluding hydrogens is 438 g/mol. The van der Waals surface area contributed by atoms with Crippen molar-refractivity contribution in [3.8, 4) is 0 Å².